The Bertz CT molecular complexity index is 873. The fraction of sp³-hybridized carbons (Fsp3) is 0.286. The summed E-state index contributed by atoms with van der Waals surface area (Å²) in [6, 6.07) is 15.0. The quantitative estimate of drug-likeness (QED) is 0.388. The van der Waals surface area contributed by atoms with E-state index in [-0.39, 0.29) is 24.1 Å². The number of thiocarbonyl (C=S) groups is 1. The van der Waals surface area contributed by atoms with Crippen LogP contribution in [0.3, 0.4) is 0 Å². The molecular formula is C21H23N3O4S. The first-order chi connectivity index (χ1) is 14.0. The van der Waals surface area contributed by atoms with Crippen molar-refractivity contribution in [1.82, 2.24) is 10.6 Å². The monoisotopic (exact) mass is 413 g/mol. The molecule has 29 heavy (non-hydrogen) atoms. The van der Waals surface area contributed by atoms with E-state index in [4.69, 9.17) is 22.7 Å². The Kier molecular flexibility index (Phi) is 6.66. The number of ether oxygens (including phenoxy) is 1. The van der Waals surface area contributed by atoms with Crippen molar-refractivity contribution in [2.75, 3.05) is 13.2 Å². The second-order valence-corrected chi connectivity index (χ2v) is 7.23. The number of benzene rings is 2. The lowest BCUT2D eigenvalue weighted by molar-refractivity contribution is -0.139. The first-order valence-electron chi connectivity index (χ1n) is 9.35. The van der Waals surface area contributed by atoms with E-state index in [9.17, 15) is 14.7 Å². The van der Waals surface area contributed by atoms with Crippen molar-refractivity contribution in [1.29, 1.82) is 0 Å². The maximum Gasteiger partial charge on any atom is 0.407 e. The van der Waals surface area contributed by atoms with Crippen LogP contribution in [0.4, 0.5) is 4.79 Å². The van der Waals surface area contributed by atoms with Gasteiger partial charge in [-0.05, 0) is 47.3 Å². The van der Waals surface area contributed by atoms with Crippen molar-refractivity contribution < 1.29 is 19.4 Å². The van der Waals surface area contributed by atoms with Crippen LogP contribution in [0.15, 0.2) is 48.5 Å². The molecule has 1 atom stereocenters. The van der Waals surface area contributed by atoms with Gasteiger partial charge in [0.15, 0.2) is 5.11 Å². The van der Waals surface area contributed by atoms with Crippen LogP contribution in [0, 0.1) is 0 Å². The summed E-state index contributed by atoms with van der Waals surface area (Å²) in [6.45, 7) is 0.570. The highest BCUT2D eigenvalue weighted by atomic mass is 32.1. The Morgan fingerprint density at radius 1 is 1.10 bits per heavy atom. The van der Waals surface area contributed by atoms with Crippen molar-refractivity contribution in [2.24, 2.45) is 5.73 Å². The minimum absolute atomic E-state index is 0.0776. The van der Waals surface area contributed by atoms with Crippen LogP contribution in [0.2, 0.25) is 0 Å². The van der Waals surface area contributed by atoms with E-state index in [1.807, 2.05) is 36.4 Å². The standard InChI is InChI=1S/C21H23N3O4S/c22-20(29)23-11-5-10-18(19(25)26)24-21(27)28-12-17-15-8-3-1-6-13(15)14-7-2-4-9-16(14)17/h1-4,6-9,17-18H,5,10-12H2,(H,24,27)(H,25,26)(H3,22,23,29)/t18-/m0/s1. The third-order valence-electron chi connectivity index (χ3n) is 4.90. The molecule has 1 amide bonds. The maximum absolute atomic E-state index is 12.2. The van der Waals surface area contributed by atoms with Gasteiger partial charge in [-0.15, -0.1) is 0 Å². The number of aliphatic carboxylic acids is 1. The van der Waals surface area contributed by atoms with Crippen molar-refractivity contribution in [3.63, 3.8) is 0 Å². The summed E-state index contributed by atoms with van der Waals surface area (Å²) in [4.78, 5) is 23.6. The Hall–Kier alpha value is -3.13. The second kappa shape index (κ2) is 9.38. The van der Waals surface area contributed by atoms with Crippen LogP contribution < -0.4 is 16.4 Å². The SMILES string of the molecule is NC(=S)NCCC[C@H](NC(=O)OCC1c2ccccc2-c2ccccc21)C(=O)O. The summed E-state index contributed by atoms with van der Waals surface area (Å²) in [5, 5.41) is 14.7. The number of nitrogens with one attached hydrogen (secondary N) is 2. The normalized spacial score (nSPS) is 13.1. The average molecular weight is 413 g/mol. The molecule has 152 valence electrons. The summed E-state index contributed by atoms with van der Waals surface area (Å²) in [5.74, 6) is -1.19. The van der Waals surface area contributed by atoms with E-state index in [0.717, 1.165) is 22.3 Å². The number of fused-ring (bicyclic) bond motifs is 3. The number of amides is 1. The molecule has 0 spiro atoms. The molecule has 1 aliphatic rings. The molecule has 5 N–H and O–H groups in total. The summed E-state index contributed by atoms with van der Waals surface area (Å²) in [5.41, 5.74) is 9.79. The number of carboxylic acids is 1. The minimum Gasteiger partial charge on any atom is -0.480 e. The van der Waals surface area contributed by atoms with Crippen LogP contribution in [0.5, 0.6) is 0 Å². The van der Waals surface area contributed by atoms with Crippen LogP contribution in [0.25, 0.3) is 11.1 Å². The zero-order valence-electron chi connectivity index (χ0n) is 15.8. The molecule has 1 aliphatic carbocycles. The Labute approximate surface area is 174 Å². The van der Waals surface area contributed by atoms with Crippen molar-refractivity contribution in [2.45, 2.75) is 24.8 Å². The zero-order valence-corrected chi connectivity index (χ0v) is 16.6. The van der Waals surface area contributed by atoms with Crippen LogP contribution >= 0.6 is 12.2 Å². The highest BCUT2D eigenvalue weighted by molar-refractivity contribution is 7.80. The van der Waals surface area contributed by atoms with Crippen LogP contribution in [-0.2, 0) is 9.53 Å². The maximum atomic E-state index is 12.2. The number of rotatable bonds is 8. The van der Waals surface area contributed by atoms with Gasteiger partial charge >= 0.3 is 12.1 Å². The van der Waals surface area contributed by atoms with Gasteiger partial charge in [0.2, 0.25) is 0 Å². The molecule has 0 heterocycles. The van der Waals surface area contributed by atoms with Gasteiger partial charge in [0.25, 0.3) is 0 Å². The fourth-order valence-corrected chi connectivity index (χ4v) is 3.66. The summed E-state index contributed by atoms with van der Waals surface area (Å²) in [7, 11) is 0. The third-order valence-corrected chi connectivity index (χ3v) is 5.05. The lowest BCUT2D eigenvalue weighted by atomic mass is 9.98. The lowest BCUT2D eigenvalue weighted by Gasteiger charge is -2.17. The number of alkyl carbamates (subject to hydrolysis) is 1. The molecule has 0 unspecified atom stereocenters. The van der Waals surface area contributed by atoms with E-state index >= 15 is 0 Å². The van der Waals surface area contributed by atoms with Crippen molar-refractivity contribution in [3.05, 3.63) is 59.7 Å². The number of carbonyl (C=O) groups is 2. The van der Waals surface area contributed by atoms with Gasteiger partial charge in [-0.1, -0.05) is 48.5 Å². The van der Waals surface area contributed by atoms with Gasteiger partial charge in [-0.2, -0.15) is 0 Å². The summed E-state index contributed by atoms with van der Waals surface area (Å²) < 4.78 is 5.40. The van der Waals surface area contributed by atoms with Gasteiger partial charge in [-0.25, -0.2) is 9.59 Å². The molecule has 0 bridgehead atoms. The zero-order chi connectivity index (χ0) is 20.8. The molecule has 7 nitrogen and oxygen atoms in total. The number of carboxylic acid groups (broad SMARTS) is 1. The molecule has 3 rings (SSSR count). The molecule has 0 aliphatic heterocycles. The van der Waals surface area contributed by atoms with Gasteiger partial charge in [0, 0.05) is 12.5 Å². The summed E-state index contributed by atoms with van der Waals surface area (Å²) in [6.07, 6.45) is -0.0332. The molecule has 2 aromatic carbocycles. The van der Waals surface area contributed by atoms with E-state index in [1.165, 1.54) is 0 Å². The third kappa shape index (κ3) is 5.03. The predicted octanol–water partition coefficient (Wildman–Crippen LogP) is 2.59. The number of nitrogens with two attached hydrogens (primary N) is 1. The molecule has 0 radical (unpaired) electrons. The van der Waals surface area contributed by atoms with Gasteiger partial charge in [0.05, 0.1) is 0 Å². The molecule has 8 heteroatoms. The fourth-order valence-electron chi connectivity index (χ4n) is 3.56. The first kappa shape index (κ1) is 20.6. The Morgan fingerprint density at radius 3 is 2.24 bits per heavy atom. The topological polar surface area (TPSA) is 114 Å². The molecule has 2 aromatic rings. The van der Waals surface area contributed by atoms with E-state index in [0.29, 0.717) is 13.0 Å². The van der Waals surface area contributed by atoms with Gasteiger partial charge in [0.1, 0.15) is 12.6 Å². The number of hydrogen-bond acceptors (Lipinski definition) is 4. The lowest BCUT2D eigenvalue weighted by Crippen LogP contribution is -2.42. The van der Waals surface area contributed by atoms with E-state index in [1.54, 1.807) is 0 Å². The van der Waals surface area contributed by atoms with Gasteiger partial charge in [-0.3, -0.25) is 0 Å². The smallest absolute Gasteiger partial charge is 0.407 e. The Balaban J connectivity index is 1.58. The molecule has 0 saturated carbocycles. The van der Waals surface area contributed by atoms with Crippen molar-refractivity contribution in [3.8, 4) is 11.1 Å². The molecule has 0 aromatic heterocycles. The van der Waals surface area contributed by atoms with Crippen molar-refractivity contribution >= 4 is 29.4 Å². The number of carbonyl (C=O) groups excluding carboxylic acids is 1. The van der Waals surface area contributed by atoms with E-state index in [2.05, 4.69) is 22.8 Å². The number of hydrogen-bond donors (Lipinski definition) is 4. The minimum atomic E-state index is -1.12. The molecular weight excluding hydrogens is 390 g/mol. The highest BCUT2D eigenvalue weighted by Gasteiger charge is 2.29. The average Bonchev–Trinajstić information content (AvgIpc) is 3.02. The van der Waals surface area contributed by atoms with Crippen LogP contribution in [-0.4, -0.2) is 41.5 Å². The highest BCUT2D eigenvalue weighted by Crippen LogP contribution is 2.44. The largest absolute Gasteiger partial charge is 0.480 e. The Morgan fingerprint density at radius 2 is 1.69 bits per heavy atom. The molecule has 0 saturated heterocycles. The predicted molar refractivity (Wildman–Crippen MR) is 114 cm³/mol. The first-order valence-corrected chi connectivity index (χ1v) is 9.76. The molecule has 0 fully saturated rings. The van der Waals surface area contributed by atoms with E-state index < -0.39 is 18.1 Å². The van der Waals surface area contributed by atoms with Crippen LogP contribution in [0.1, 0.15) is 29.9 Å². The summed E-state index contributed by atoms with van der Waals surface area (Å²) >= 11 is 4.70. The van der Waals surface area contributed by atoms with Gasteiger partial charge < -0.3 is 26.2 Å². The second-order valence-electron chi connectivity index (χ2n) is 6.79.